The van der Waals surface area contributed by atoms with Gasteiger partial charge >= 0.3 is 81.0 Å². The van der Waals surface area contributed by atoms with Crippen molar-refractivity contribution in [1.82, 2.24) is 55.9 Å². The van der Waals surface area contributed by atoms with Crippen molar-refractivity contribution >= 4 is 127 Å². The first-order valence-electron chi connectivity index (χ1n) is 42.1. The smallest absolute Gasteiger partial charge is 0.293 e. The molecule has 0 saturated carbocycles. The van der Waals surface area contributed by atoms with Crippen molar-refractivity contribution < 1.29 is 145 Å². The molecule has 9 fully saturated rings. The first-order chi connectivity index (χ1) is 57.8. The molecule has 1 aromatic rings. The van der Waals surface area contributed by atoms with Gasteiger partial charge in [-0.15, -0.1) is 0 Å². The number of halogens is 3. The Bertz CT molecular complexity index is 3840. The Labute approximate surface area is 761 Å². The zero-order valence-corrected chi connectivity index (χ0v) is 82.1. The summed E-state index contributed by atoms with van der Waals surface area (Å²) in [6, 6.07) is 8.27. The number of hydrogen-bond acceptors (Lipinski definition) is 31. The minimum atomic E-state index is -1.48. The van der Waals surface area contributed by atoms with Crippen LogP contribution in [-0.2, 0) is 92.6 Å². The van der Waals surface area contributed by atoms with Gasteiger partial charge in [0.1, 0.15) is 30.4 Å². The number of hydroxylamine groups is 14. The van der Waals surface area contributed by atoms with Gasteiger partial charge in [-0.05, 0) is 180 Å². The third-order valence-corrected chi connectivity index (χ3v) is 22.7. The van der Waals surface area contributed by atoms with Crippen molar-refractivity contribution in [1.29, 1.82) is 0 Å². The largest absolute Gasteiger partial charge is 0.560 e. The summed E-state index contributed by atoms with van der Waals surface area (Å²) in [7, 11) is 1.27. The number of allylic oxidation sites excluding steroid dienone is 1. The number of aliphatic hydroxyl groups excluding tert-OH is 1. The average Bonchev–Trinajstić information content (AvgIpc) is 1.02. The second-order valence-electron chi connectivity index (χ2n) is 38.1. The number of rotatable bonds is 20. The van der Waals surface area contributed by atoms with Gasteiger partial charge in [-0.3, -0.25) is 62.5 Å². The molecule has 0 aliphatic carbocycles. The van der Waals surface area contributed by atoms with Gasteiger partial charge in [-0.25, -0.2) is 19.2 Å². The Kier molecular flexibility index (Phi) is 40.4. The number of nitrogens with one attached hydrogen (secondary N) is 2. The van der Waals surface area contributed by atoms with Crippen molar-refractivity contribution in [3.63, 3.8) is 0 Å². The predicted molar refractivity (Wildman–Crippen MR) is 459 cm³/mol. The number of esters is 1. The minimum Gasteiger partial charge on any atom is -0.293 e. The van der Waals surface area contributed by atoms with Crippen molar-refractivity contribution in [2.45, 2.75) is 354 Å². The molecule has 10 rings (SSSR count). The fraction of sp³-hybridized carbons (Fsp3) is 0.726. The Morgan fingerprint density at radius 2 is 0.872 bits per heavy atom. The zero-order valence-electron chi connectivity index (χ0n) is 75.6. The van der Waals surface area contributed by atoms with Crippen LogP contribution >= 0.6 is 37.2 Å². The van der Waals surface area contributed by atoms with E-state index in [1.807, 2.05) is 147 Å². The monoisotopic (exact) mass is 2110 g/mol. The van der Waals surface area contributed by atoms with E-state index in [9.17, 15) is 97.9 Å². The van der Waals surface area contributed by atoms with Crippen LogP contribution in [0.1, 0.15) is 272 Å². The number of benzene rings is 1. The number of aliphatic hydroxyl groups is 1. The van der Waals surface area contributed by atoms with E-state index in [4.69, 9.17) is 23.8 Å². The van der Waals surface area contributed by atoms with Crippen LogP contribution in [0.15, 0.2) is 42.5 Å². The molecule has 125 heavy (non-hydrogen) atoms. The van der Waals surface area contributed by atoms with Gasteiger partial charge in [-0.2, -0.15) is 29.9 Å². The number of methoxy groups -OCH3 is 1. The van der Waals surface area contributed by atoms with Crippen LogP contribution in [-0.4, -0.2) is 262 Å². The number of hydrogen-bond donors (Lipinski definition) is 7. The summed E-state index contributed by atoms with van der Waals surface area (Å²) in [5.74, 6) is -5.48. The number of nitrogens with zero attached hydrogens (tertiary/aromatic N) is 9. The molecule has 41 heteroatoms. The molecule has 9 heterocycles. The molecular formula is C84H131I3N11O27-. The number of imide groups is 6. The average molecular weight is 2110 g/mol. The molecule has 9 saturated heterocycles. The van der Waals surface area contributed by atoms with Crippen LogP contribution in [0, 0.1) is 17.8 Å². The third-order valence-electron chi connectivity index (χ3n) is 22.7. The molecule has 4 atom stereocenters. The van der Waals surface area contributed by atoms with Crippen molar-refractivity contribution in [2.24, 2.45) is 17.8 Å². The van der Waals surface area contributed by atoms with E-state index in [-0.39, 0.29) is 110 Å². The van der Waals surface area contributed by atoms with Gasteiger partial charge in [0.25, 0.3) is 35.4 Å². The number of amides is 12. The SMILES string of the molecule is CC1(C)CC(O)CC(C)(C)N1O.CC1(C)CC(OC(=O)N2C(=O)CCC2=O)CC(C)(C)N1O.CC1(C)CC(OC(=O)ON2C(=O)CCC2=O)CC(C)(C)N1O.COC(=O)[C@H](CCCNC(=O)OC1CC(C)(C)N(O)C(C)(C)C1)NC(=O)[C@@H]1CCCN1C(=O)[C@H](/C=C/[C@@H](C)CC(C)C)Cc1ccccc1.I[I-]I.O=C(ON1C(=O)CCC1=O)ON1C(=O)CCC1=O. The Morgan fingerprint density at radius 1 is 0.512 bits per heavy atom. The molecule has 706 valence electrons. The summed E-state index contributed by atoms with van der Waals surface area (Å²) in [6.45, 7) is 37.3. The molecule has 0 radical (unpaired) electrons. The van der Waals surface area contributed by atoms with Gasteiger partial charge in [0.05, 0.1) is 19.1 Å². The quantitative estimate of drug-likeness (QED) is 0.0161. The molecule has 0 bridgehead atoms. The molecule has 0 unspecified atom stereocenters. The van der Waals surface area contributed by atoms with Crippen molar-refractivity contribution in [3.8, 4) is 0 Å². The fourth-order valence-corrected chi connectivity index (χ4v) is 17.5. The number of piperidine rings is 4. The van der Waals surface area contributed by atoms with Crippen molar-refractivity contribution in [2.75, 3.05) is 20.2 Å². The molecule has 9 aliphatic rings. The van der Waals surface area contributed by atoms with Gasteiger partial charge in [0.2, 0.25) is 23.6 Å². The first-order valence-corrected chi connectivity index (χ1v) is 54.6. The van der Waals surface area contributed by atoms with E-state index in [0.717, 1.165) is 12.0 Å². The summed E-state index contributed by atoms with van der Waals surface area (Å²) in [4.78, 5) is 194. The number of likely N-dealkylation sites (tertiary alicyclic amines) is 2. The number of carbonyl (C=O) groups excluding carboxylic acids is 15. The van der Waals surface area contributed by atoms with Gasteiger partial charge in [0.15, 0.2) is 0 Å². The summed E-state index contributed by atoms with van der Waals surface area (Å²) in [5, 5.41) is 62.0. The molecule has 9 aliphatic heterocycles. The Morgan fingerprint density at radius 3 is 1.26 bits per heavy atom. The Hall–Kier alpha value is -6.96. The topological polar surface area (TPSA) is 475 Å². The normalized spacial score (nSPS) is 23.2. The maximum atomic E-state index is 14.0. The van der Waals surface area contributed by atoms with Gasteiger partial charge in [-0.1, -0.05) is 78.4 Å². The molecule has 7 N–H and O–H groups in total. The number of alkyl carbamates (subject to hydrolysis) is 1. The van der Waals surface area contributed by atoms with Crippen LogP contribution in [0.2, 0.25) is 0 Å². The Balaban J connectivity index is 0.000000302. The summed E-state index contributed by atoms with van der Waals surface area (Å²) < 4.78 is 21.2. The van der Waals surface area contributed by atoms with Crippen LogP contribution in [0.4, 0.5) is 19.2 Å². The molecule has 38 nitrogen and oxygen atoms in total. The summed E-state index contributed by atoms with van der Waals surface area (Å²) in [6.07, 6.45) is 5.70. The van der Waals surface area contributed by atoms with Crippen molar-refractivity contribution in [3.05, 3.63) is 48.0 Å². The summed E-state index contributed by atoms with van der Waals surface area (Å²) >= 11 is 5.30. The van der Waals surface area contributed by atoms with Gasteiger partial charge < -0.3 is 60.4 Å². The molecule has 12 amide bonds. The number of carbonyl (C=O) groups is 15. The van der Waals surface area contributed by atoms with Crippen LogP contribution in [0.5, 0.6) is 0 Å². The van der Waals surface area contributed by atoms with E-state index in [0.29, 0.717) is 119 Å². The molecule has 0 spiro atoms. The van der Waals surface area contributed by atoms with E-state index >= 15 is 0 Å². The number of ether oxygens (including phenoxy) is 4. The maximum Gasteiger partial charge on any atom is 0.560 e. The molecule has 1 aromatic carbocycles. The standard InChI is InChI=1S/C38H60N4O7.C14H22N2O6.C14H22N2O5.C9H8N2O7.C9H19NO2.I3/c1-26(2)22-27(3)18-19-29(23-28-14-10-9-11-15-28)34(44)41-21-13-17-32(41)33(43)40-31(35(45)48-8)16-12-20-39-36(46)49-30-24-37(4,5)42(47)38(6,7)25-30;1-13(2)7-9(8-14(3,4)16(13)20)21-12(19)22-15-10(17)5-6-11(15)18;1-13(2)7-9(8-14(3,4)16(13)20)21-12(19)15-10(17)5-6-11(15)18;12-5-1-2-6(13)10(5)17-9(16)18-11-7(14)3-4-8(11)15;1-8(2)5-7(11)6-9(3,4)10(8)12;1-3-2/h9-11,14-15,18-19,26-27,29-32,47H,12-13,16-17,20-25H2,1-8H3,(H,39,46)(H,40,43);9,20H,5-8H2,1-4H3;9,20H,5-8H2,1-4H3;1-4H2;7,11-12H,5-6H2,1-4H3;/q;;;;;-1/b19-18+;;;;;/t27-,29-,31+,32+;;;;;/m1...../s1. The first kappa shape index (κ1) is 109. The molecular weight excluding hydrogens is 1980 g/mol. The van der Waals surface area contributed by atoms with Crippen LogP contribution in [0.3, 0.4) is 0 Å². The van der Waals surface area contributed by atoms with E-state index in [1.165, 1.54) is 27.4 Å². The van der Waals surface area contributed by atoms with E-state index in [2.05, 4.69) is 84.4 Å². The van der Waals surface area contributed by atoms with Crippen LogP contribution < -0.4 is 23.9 Å². The summed E-state index contributed by atoms with van der Waals surface area (Å²) in [5.41, 5.74) is -2.97. The second kappa shape index (κ2) is 46.5. The predicted octanol–water partition coefficient (Wildman–Crippen LogP) is 8.38. The minimum absolute atomic E-state index is 0.0368. The second-order valence-corrected chi connectivity index (χ2v) is 54.4. The van der Waals surface area contributed by atoms with Gasteiger partial charge in [0, 0.05) is 147 Å². The fourth-order valence-electron chi connectivity index (χ4n) is 17.5. The van der Waals surface area contributed by atoms with E-state index in [1.54, 1.807) is 4.90 Å². The molecule has 0 aromatic heterocycles. The maximum absolute atomic E-state index is 14.0. The van der Waals surface area contributed by atoms with Crippen LogP contribution in [0.25, 0.3) is 0 Å². The van der Waals surface area contributed by atoms with E-state index < -0.39 is 141 Å². The third kappa shape index (κ3) is 31.7. The zero-order chi connectivity index (χ0) is 94.6.